The summed E-state index contributed by atoms with van der Waals surface area (Å²) in [5.74, 6) is 0. The number of aryl methyl sites for hydroxylation is 1. The van der Waals surface area contributed by atoms with Crippen LogP contribution in [0.15, 0.2) is 29.1 Å². The zero-order chi connectivity index (χ0) is 11.8. The van der Waals surface area contributed by atoms with Crippen LogP contribution >= 0.6 is 11.3 Å². The van der Waals surface area contributed by atoms with Gasteiger partial charge in [-0.05, 0) is 54.8 Å². The van der Waals surface area contributed by atoms with E-state index in [1.54, 1.807) is 11.3 Å². The summed E-state index contributed by atoms with van der Waals surface area (Å²) in [6, 6.07) is 4.19. The summed E-state index contributed by atoms with van der Waals surface area (Å²) in [4.78, 5) is 4.45. The van der Waals surface area contributed by atoms with Gasteiger partial charge in [0.15, 0.2) is 0 Å². The monoisotopic (exact) mass is 232 g/mol. The molecular formula is C13H16N2S. The molecule has 0 saturated carbocycles. The number of thiophene rings is 1. The summed E-state index contributed by atoms with van der Waals surface area (Å²) >= 11 is 1.70. The zero-order valence-corrected chi connectivity index (χ0v) is 10.6. The highest BCUT2D eigenvalue weighted by Crippen LogP contribution is 2.27. The van der Waals surface area contributed by atoms with Crippen LogP contribution in [0.2, 0.25) is 0 Å². The summed E-state index contributed by atoms with van der Waals surface area (Å²) in [6.45, 7) is 6.04. The topological polar surface area (TPSA) is 38.9 Å². The molecule has 0 fully saturated rings. The Bertz CT molecular complexity index is 481. The highest BCUT2D eigenvalue weighted by atomic mass is 32.1. The van der Waals surface area contributed by atoms with Crippen LogP contribution in [-0.4, -0.2) is 4.98 Å². The molecule has 84 valence electrons. The first-order valence-electron chi connectivity index (χ1n) is 5.27. The van der Waals surface area contributed by atoms with Crippen LogP contribution in [0.5, 0.6) is 0 Å². The van der Waals surface area contributed by atoms with Crippen LogP contribution in [0.25, 0.3) is 11.1 Å². The van der Waals surface area contributed by atoms with Gasteiger partial charge in [-0.15, -0.1) is 0 Å². The number of hydrogen-bond donors (Lipinski definition) is 1. The third-order valence-electron chi connectivity index (χ3n) is 2.60. The maximum absolute atomic E-state index is 6.03. The van der Waals surface area contributed by atoms with Crippen molar-refractivity contribution in [2.24, 2.45) is 5.73 Å². The number of nitrogens with zero attached hydrogens (tertiary/aromatic N) is 1. The predicted molar refractivity (Wildman–Crippen MR) is 69.5 cm³/mol. The quantitative estimate of drug-likeness (QED) is 0.862. The third-order valence-corrected chi connectivity index (χ3v) is 3.29. The fourth-order valence-corrected chi connectivity index (χ4v) is 2.28. The highest BCUT2D eigenvalue weighted by molar-refractivity contribution is 7.08. The van der Waals surface area contributed by atoms with E-state index in [1.165, 1.54) is 16.7 Å². The van der Waals surface area contributed by atoms with E-state index < -0.39 is 0 Å². The standard InChI is InChI=1S/C13H16N2S/c1-9-6-12(13(2,3)14)15-7-11(9)10-4-5-16-8-10/h4-8H,14H2,1-3H3. The largest absolute Gasteiger partial charge is 0.321 e. The number of nitrogens with two attached hydrogens (primary N) is 1. The molecule has 0 atom stereocenters. The van der Waals surface area contributed by atoms with Crippen LogP contribution in [0.1, 0.15) is 25.1 Å². The van der Waals surface area contributed by atoms with E-state index in [1.807, 2.05) is 20.0 Å². The lowest BCUT2D eigenvalue weighted by atomic mass is 9.97. The molecule has 0 radical (unpaired) electrons. The predicted octanol–water partition coefficient (Wildman–Crippen LogP) is 3.31. The molecule has 0 aromatic carbocycles. The fraction of sp³-hybridized carbons (Fsp3) is 0.308. The molecular weight excluding hydrogens is 216 g/mol. The lowest BCUT2D eigenvalue weighted by Crippen LogP contribution is -2.29. The Morgan fingerprint density at radius 2 is 2.12 bits per heavy atom. The van der Waals surface area contributed by atoms with E-state index in [4.69, 9.17) is 5.73 Å². The van der Waals surface area contributed by atoms with E-state index in [-0.39, 0.29) is 5.54 Å². The molecule has 0 aliphatic rings. The van der Waals surface area contributed by atoms with Crippen molar-refractivity contribution in [1.29, 1.82) is 0 Å². The van der Waals surface area contributed by atoms with Crippen LogP contribution in [0.4, 0.5) is 0 Å². The van der Waals surface area contributed by atoms with Crippen LogP contribution in [0, 0.1) is 6.92 Å². The molecule has 0 amide bonds. The maximum atomic E-state index is 6.03. The van der Waals surface area contributed by atoms with Gasteiger partial charge in [0.2, 0.25) is 0 Å². The van der Waals surface area contributed by atoms with Gasteiger partial charge < -0.3 is 5.73 Å². The van der Waals surface area contributed by atoms with Crippen molar-refractivity contribution < 1.29 is 0 Å². The Labute approximate surface area is 100 Å². The van der Waals surface area contributed by atoms with E-state index in [2.05, 4.69) is 34.8 Å². The Kier molecular flexibility index (Phi) is 2.82. The van der Waals surface area contributed by atoms with Gasteiger partial charge in [0.1, 0.15) is 0 Å². The van der Waals surface area contributed by atoms with Crippen molar-refractivity contribution >= 4 is 11.3 Å². The van der Waals surface area contributed by atoms with Gasteiger partial charge in [0, 0.05) is 11.8 Å². The molecule has 2 heterocycles. The summed E-state index contributed by atoms with van der Waals surface area (Å²) < 4.78 is 0. The first-order chi connectivity index (χ1) is 7.48. The van der Waals surface area contributed by atoms with Crippen molar-refractivity contribution in [3.05, 3.63) is 40.3 Å². The number of aromatic nitrogens is 1. The molecule has 0 unspecified atom stereocenters. The molecule has 2 aromatic rings. The first-order valence-corrected chi connectivity index (χ1v) is 6.21. The van der Waals surface area contributed by atoms with E-state index >= 15 is 0 Å². The Hall–Kier alpha value is -1.19. The molecule has 0 aliphatic heterocycles. The van der Waals surface area contributed by atoms with Crippen molar-refractivity contribution in [3.63, 3.8) is 0 Å². The zero-order valence-electron chi connectivity index (χ0n) is 9.82. The van der Waals surface area contributed by atoms with Gasteiger partial charge in [-0.1, -0.05) is 0 Å². The SMILES string of the molecule is Cc1cc(C(C)(C)N)ncc1-c1ccsc1. The van der Waals surface area contributed by atoms with Gasteiger partial charge >= 0.3 is 0 Å². The molecule has 0 bridgehead atoms. The normalized spacial score (nSPS) is 11.8. The highest BCUT2D eigenvalue weighted by Gasteiger charge is 2.16. The second kappa shape index (κ2) is 4.00. The second-order valence-corrected chi connectivity index (χ2v) is 5.40. The van der Waals surface area contributed by atoms with E-state index in [9.17, 15) is 0 Å². The van der Waals surface area contributed by atoms with Crippen molar-refractivity contribution in [1.82, 2.24) is 4.98 Å². The van der Waals surface area contributed by atoms with Crippen LogP contribution < -0.4 is 5.73 Å². The van der Waals surface area contributed by atoms with Crippen LogP contribution in [-0.2, 0) is 5.54 Å². The maximum Gasteiger partial charge on any atom is 0.0599 e. The Balaban J connectivity index is 2.46. The number of rotatable bonds is 2. The molecule has 2 nitrogen and oxygen atoms in total. The van der Waals surface area contributed by atoms with Crippen LogP contribution in [0.3, 0.4) is 0 Å². The molecule has 0 saturated heterocycles. The Morgan fingerprint density at radius 1 is 1.38 bits per heavy atom. The molecule has 16 heavy (non-hydrogen) atoms. The summed E-state index contributed by atoms with van der Waals surface area (Å²) in [6.07, 6.45) is 1.92. The summed E-state index contributed by atoms with van der Waals surface area (Å²) in [5, 5.41) is 4.22. The Morgan fingerprint density at radius 3 is 2.62 bits per heavy atom. The van der Waals surface area contributed by atoms with Gasteiger partial charge in [0.25, 0.3) is 0 Å². The van der Waals surface area contributed by atoms with Gasteiger partial charge in [-0.25, -0.2) is 0 Å². The van der Waals surface area contributed by atoms with E-state index in [0.29, 0.717) is 0 Å². The molecule has 2 rings (SSSR count). The molecule has 2 aromatic heterocycles. The molecule has 0 spiro atoms. The minimum Gasteiger partial charge on any atom is -0.321 e. The van der Waals surface area contributed by atoms with E-state index in [0.717, 1.165) is 5.69 Å². The third kappa shape index (κ3) is 2.15. The lowest BCUT2D eigenvalue weighted by Gasteiger charge is -2.19. The second-order valence-electron chi connectivity index (χ2n) is 4.62. The number of pyridine rings is 1. The van der Waals surface area contributed by atoms with Gasteiger partial charge in [-0.2, -0.15) is 11.3 Å². The van der Waals surface area contributed by atoms with Crippen molar-refractivity contribution in [2.75, 3.05) is 0 Å². The lowest BCUT2D eigenvalue weighted by molar-refractivity contribution is 0.535. The van der Waals surface area contributed by atoms with Crippen molar-refractivity contribution in [2.45, 2.75) is 26.3 Å². The summed E-state index contributed by atoms with van der Waals surface area (Å²) in [5.41, 5.74) is 10.2. The smallest absolute Gasteiger partial charge is 0.0599 e. The number of hydrogen-bond acceptors (Lipinski definition) is 3. The summed E-state index contributed by atoms with van der Waals surface area (Å²) in [7, 11) is 0. The van der Waals surface area contributed by atoms with Gasteiger partial charge in [0.05, 0.1) is 11.2 Å². The average molecular weight is 232 g/mol. The van der Waals surface area contributed by atoms with Gasteiger partial charge in [-0.3, -0.25) is 4.98 Å². The minimum absolute atomic E-state index is 0.377. The molecule has 3 heteroatoms. The minimum atomic E-state index is -0.377. The molecule has 2 N–H and O–H groups in total. The average Bonchev–Trinajstić information content (AvgIpc) is 2.69. The fourth-order valence-electron chi connectivity index (χ4n) is 1.63. The molecule has 0 aliphatic carbocycles. The first kappa shape index (κ1) is 11.3. The van der Waals surface area contributed by atoms with Crippen molar-refractivity contribution in [3.8, 4) is 11.1 Å².